The molecule has 0 bridgehead atoms. The van der Waals surface area contributed by atoms with E-state index < -0.39 is 22.0 Å². The van der Waals surface area contributed by atoms with Gasteiger partial charge in [-0.1, -0.05) is 36.4 Å². The van der Waals surface area contributed by atoms with Gasteiger partial charge in [0, 0.05) is 12.1 Å². The van der Waals surface area contributed by atoms with E-state index in [1.165, 1.54) is 19.2 Å². The zero-order valence-electron chi connectivity index (χ0n) is 15.6. The molecule has 27 heavy (non-hydrogen) atoms. The molecule has 0 saturated heterocycles. The summed E-state index contributed by atoms with van der Waals surface area (Å²) in [5.74, 6) is 0.0213. The van der Waals surface area contributed by atoms with Crippen molar-refractivity contribution in [3.63, 3.8) is 0 Å². The first kappa shape index (κ1) is 20.9. The van der Waals surface area contributed by atoms with Gasteiger partial charge in [-0.3, -0.25) is 4.79 Å². The third-order valence-corrected chi connectivity index (χ3v) is 5.53. The molecule has 2 aromatic carbocycles. The number of carbonyl (C=O) groups is 1. The lowest BCUT2D eigenvalue weighted by Crippen LogP contribution is -2.37. The van der Waals surface area contributed by atoms with Crippen molar-refractivity contribution in [1.29, 1.82) is 0 Å². The van der Waals surface area contributed by atoms with Gasteiger partial charge in [-0.2, -0.15) is 0 Å². The molecule has 0 spiro atoms. The maximum Gasteiger partial charge on any atom is 0.307 e. The predicted molar refractivity (Wildman–Crippen MR) is 103 cm³/mol. The first-order chi connectivity index (χ1) is 12.9. The summed E-state index contributed by atoms with van der Waals surface area (Å²) < 4.78 is 38.2. The number of ether oxygens (including phenoxy) is 2. The summed E-state index contributed by atoms with van der Waals surface area (Å²) >= 11 is 0. The zero-order chi connectivity index (χ0) is 19.7. The lowest BCUT2D eigenvalue weighted by Gasteiger charge is -2.18. The Morgan fingerprint density at radius 2 is 1.85 bits per heavy atom. The van der Waals surface area contributed by atoms with Gasteiger partial charge in [0.1, 0.15) is 5.75 Å². The minimum absolute atomic E-state index is 0.0239. The van der Waals surface area contributed by atoms with E-state index in [0.29, 0.717) is 18.6 Å². The van der Waals surface area contributed by atoms with E-state index in [9.17, 15) is 13.2 Å². The van der Waals surface area contributed by atoms with Crippen LogP contribution in [-0.2, 0) is 26.0 Å². The predicted octanol–water partition coefficient (Wildman–Crippen LogP) is 2.93. The normalized spacial score (nSPS) is 12.4. The van der Waals surface area contributed by atoms with Crippen molar-refractivity contribution in [2.45, 2.75) is 37.1 Å². The van der Waals surface area contributed by atoms with Crippen LogP contribution in [0.15, 0.2) is 59.5 Å². The van der Waals surface area contributed by atoms with Gasteiger partial charge in [0.05, 0.1) is 25.0 Å². The van der Waals surface area contributed by atoms with E-state index >= 15 is 0 Å². The van der Waals surface area contributed by atoms with E-state index in [-0.39, 0.29) is 17.9 Å². The van der Waals surface area contributed by atoms with Gasteiger partial charge in [-0.25, -0.2) is 13.1 Å². The molecule has 2 rings (SSSR count). The van der Waals surface area contributed by atoms with Crippen LogP contribution in [-0.4, -0.2) is 34.1 Å². The number of hydrogen-bond donors (Lipinski definition) is 1. The minimum Gasteiger partial charge on any atom is -0.497 e. The number of aryl methyl sites for hydroxylation is 1. The van der Waals surface area contributed by atoms with Crippen molar-refractivity contribution < 1.29 is 22.7 Å². The highest BCUT2D eigenvalue weighted by Gasteiger charge is 2.23. The molecule has 146 valence electrons. The summed E-state index contributed by atoms with van der Waals surface area (Å²) in [6, 6.07) is 15.4. The Hall–Kier alpha value is -2.38. The molecule has 2 aromatic rings. The molecule has 6 nitrogen and oxygen atoms in total. The molecule has 0 aromatic heterocycles. The second-order valence-electron chi connectivity index (χ2n) is 6.03. The monoisotopic (exact) mass is 391 g/mol. The average Bonchev–Trinajstić information content (AvgIpc) is 2.67. The molecule has 0 amide bonds. The largest absolute Gasteiger partial charge is 0.497 e. The molecule has 1 atom stereocenters. The van der Waals surface area contributed by atoms with Gasteiger partial charge in [-0.15, -0.1) is 0 Å². The Balaban J connectivity index is 2.14. The van der Waals surface area contributed by atoms with Crippen LogP contribution in [0.3, 0.4) is 0 Å². The second-order valence-corrected chi connectivity index (χ2v) is 7.74. The third kappa shape index (κ3) is 6.69. The van der Waals surface area contributed by atoms with E-state index in [2.05, 4.69) is 4.72 Å². The molecule has 0 fully saturated rings. The number of carbonyl (C=O) groups excluding carboxylic acids is 1. The summed E-state index contributed by atoms with van der Waals surface area (Å²) in [6.07, 6.45) is 1.10. The van der Waals surface area contributed by atoms with Gasteiger partial charge in [0.2, 0.25) is 10.0 Å². The van der Waals surface area contributed by atoms with Crippen LogP contribution in [0.25, 0.3) is 0 Å². The van der Waals surface area contributed by atoms with Crippen molar-refractivity contribution in [2.24, 2.45) is 0 Å². The van der Waals surface area contributed by atoms with Crippen molar-refractivity contribution in [3.05, 3.63) is 60.2 Å². The number of rotatable bonds is 10. The van der Waals surface area contributed by atoms with Gasteiger partial charge < -0.3 is 9.47 Å². The Labute approximate surface area is 160 Å². The smallest absolute Gasteiger partial charge is 0.307 e. The fourth-order valence-corrected chi connectivity index (χ4v) is 3.97. The molecule has 7 heteroatoms. The summed E-state index contributed by atoms with van der Waals surface area (Å²) in [5, 5.41) is 0. The van der Waals surface area contributed by atoms with Crippen LogP contribution in [0.2, 0.25) is 0 Å². The molecular weight excluding hydrogens is 366 g/mol. The maximum atomic E-state index is 12.7. The van der Waals surface area contributed by atoms with Crippen LogP contribution < -0.4 is 9.46 Å². The van der Waals surface area contributed by atoms with E-state index in [1.807, 2.05) is 30.3 Å². The summed E-state index contributed by atoms with van der Waals surface area (Å²) in [5.41, 5.74) is 1.08. The van der Waals surface area contributed by atoms with Gasteiger partial charge >= 0.3 is 5.97 Å². The highest BCUT2D eigenvalue weighted by Crippen LogP contribution is 2.18. The Bertz CT molecular complexity index is 836. The third-order valence-electron chi connectivity index (χ3n) is 4.02. The molecule has 0 aliphatic carbocycles. The quantitative estimate of drug-likeness (QED) is 0.630. The molecule has 0 aliphatic rings. The molecular formula is C20H25NO5S. The van der Waals surface area contributed by atoms with Crippen molar-refractivity contribution >= 4 is 16.0 Å². The van der Waals surface area contributed by atoms with E-state index in [4.69, 9.17) is 9.47 Å². The Morgan fingerprint density at radius 3 is 2.52 bits per heavy atom. The van der Waals surface area contributed by atoms with Gasteiger partial charge in [0.25, 0.3) is 0 Å². The van der Waals surface area contributed by atoms with Crippen molar-refractivity contribution in [2.75, 3.05) is 13.7 Å². The lowest BCUT2D eigenvalue weighted by atomic mass is 10.0. The van der Waals surface area contributed by atoms with Crippen LogP contribution in [0.4, 0.5) is 0 Å². The van der Waals surface area contributed by atoms with Crippen LogP contribution in [0.5, 0.6) is 5.75 Å². The second kappa shape index (κ2) is 10.1. The highest BCUT2D eigenvalue weighted by atomic mass is 32.2. The zero-order valence-corrected chi connectivity index (χ0v) is 16.4. The van der Waals surface area contributed by atoms with Gasteiger partial charge in [0.15, 0.2) is 0 Å². The van der Waals surface area contributed by atoms with Crippen LogP contribution in [0, 0.1) is 0 Å². The Morgan fingerprint density at radius 1 is 1.11 bits per heavy atom. The number of esters is 1. The minimum atomic E-state index is -3.79. The summed E-state index contributed by atoms with van der Waals surface area (Å²) in [4.78, 5) is 12.0. The summed E-state index contributed by atoms with van der Waals surface area (Å²) in [7, 11) is -2.32. The van der Waals surface area contributed by atoms with Crippen molar-refractivity contribution in [1.82, 2.24) is 4.72 Å². The standard InChI is InChI=1S/C20H25NO5S/c1-3-26-20(22)14-17(13-12-16-8-5-4-6-9-16)21-27(23,24)19-11-7-10-18(15-19)25-2/h4-11,15,17,21H,3,12-14H2,1-2H3. The fourth-order valence-electron chi connectivity index (χ4n) is 2.67. The number of nitrogens with one attached hydrogen (secondary N) is 1. The molecule has 0 saturated carbocycles. The summed E-state index contributed by atoms with van der Waals surface area (Å²) in [6.45, 7) is 1.98. The molecule has 0 aliphatic heterocycles. The van der Waals surface area contributed by atoms with Crippen LogP contribution >= 0.6 is 0 Å². The molecule has 0 heterocycles. The topological polar surface area (TPSA) is 81.7 Å². The molecule has 1 unspecified atom stereocenters. The maximum absolute atomic E-state index is 12.7. The first-order valence-corrected chi connectivity index (χ1v) is 10.3. The van der Waals surface area contributed by atoms with Crippen LogP contribution in [0.1, 0.15) is 25.3 Å². The SMILES string of the molecule is CCOC(=O)CC(CCc1ccccc1)NS(=O)(=O)c1cccc(OC)c1. The Kier molecular flexibility index (Phi) is 7.82. The van der Waals surface area contributed by atoms with E-state index in [1.54, 1.807) is 19.1 Å². The van der Waals surface area contributed by atoms with Gasteiger partial charge in [-0.05, 0) is 37.5 Å². The molecule has 1 N–H and O–H groups in total. The molecule has 0 radical (unpaired) electrons. The van der Waals surface area contributed by atoms with E-state index in [0.717, 1.165) is 5.56 Å². The fraction of sp³-hybridized carbons (Fsp3) is 0.350. The number of benzene rings is 2. The van der Waals surface area contributed by atoms with Crippen molar-refractivity contribution in [3.8, 4) is 5.75 Å². The lowest BCUT2D eigenvalue weighted by molar-refractivity contribution is -0.143. The first-order valence-electron chi connectivity index (χ1n) is 8.80. The average molecular weight is 391 g/mol. The highest BCUT2D eigenvalue weighted by molar-refractivity contribution is 7.89. The number of methoxy groups -OCH3 is 1. The number of hydrogen-bond acceptors (Lipinski definition) is 5. The number of sulfonamides is 1.